The number of phenols is 1. The molecule has 1 aliphatic heterocycles. The first kappa shape index (κ1) is 21.0. The van der Waals surface area contributed by atoms with E-state index >= 15 is 0 Å². The number of hydrogen-bond donors (Lipinski definition) is 3. The average molecular weight is 424 g/mol. The summed E-state index contributed by atoms with van der Waals surface area (Å²) in [4.78, 5) is 19.3. The minimum atomic E-state index is -0.626. The largest absolute Gasteiger partial charge is 0.508 e. The Morgan fingerprint density at radius 2 is 2.03 bits per heavy atom. The summed E-state index contributed by atoms with van der Waals surface area (Å²) in [6.07, 6.45) is 2.25. The molecule has 1 fully saturated rings. The second kappa shape index (κ2) is 7.77. The van der Waals surface area contributed by atoms with E-state index in [4.69, 9.17) is 21.2 Å². The standard InChI is InChI=1S/C23H29N5O3/c1-12-7-8-17(29)14(3)19(12)28-20(24)18(21(25)30)16-10-13(2)23(26-22(16)28)31-11-15-6-5-9-27(15)4/h7-8,10,15,29H,5-6,9,11,24H2,1-4H3,(H2,25,30)/t15-/m1/s1. The monoisotopic (exact) mass is 423 g/mol. The predicted molar refractivity (Wildman–Crippen MR) is 121 cm³/mol. The Balaban J connectivity index is 1.90. The summed E-state index contributed by atoms with van der Waals surface area (Å²) in [7, 11) is 2.10. The molecule has 0 unspecified atom stereocenters. The number of primary amides is 1. The molecule has 3 heterocycles. The number of nitrogens with zero attached hydrogens (tertiary/aromatic N) is 3. The molecule has 0 aliphatic carbocycles. The predicted octanol–water partition coefficient (Wildman–Crippen LogP) is 2.81. The molecule has 1 aliphatic rings. The fraction of sp³-hybridized carbons (Fsp3) is 0.391. The second-order valence-electron chi connectivity index (χ2n) is 8.40. The molecule has 1 amide bonds. The highest BCUT2D eigenvalue weighted by molar-refractivity contribution is 6.11. The molecule has 2 aromatic heterocycles. The number of likely N-dealkylation sites (tertiary alicyclic amines) is 1. The van der Waals surface area contributed by atoms with Crippen molar-refractivity contribution in [2.24, 2.45) is 5.73 Å². The summed E-state index contributed by atoms with van der Waals surface area (Å²) >= 11 is 0. The maximum absolute atomic E-state index is 12.3. The number of pyridine rings is 1. The molecular weight excluding hydrogens is 394 g/mol. The molecule has 0 radical (unpaired) electrons. The van der Waals surface area contributed by atoms with Gasteiger partial charge in [-0.2, -0.15) is 4.98 Å². The van der Waals surface area contributed by atoms with Gasteiger partial charge in [0.25, 0.3) is 5.91 Å². The van der Waals surface area contributed by atoms with Crippen LogP contribution in [0.1, 0.15) is 39.9 Å². The molecule has 164 valence electrons. The maximum atomic E-state index is 12.3. The van der Waals surface area contributed by atoms with Gasteiger partial charge in [0, 0.05) is 22.6 Å². The molecule has 1 atom stereocenters. The normalized spacial score (nSPS) is 16.8. The zero-order chi connectivity index (χ0) is 22.4. The van der Waals surface area contributed by atoms with E-state index in [0.717, 1.165) is 30.5 Å². The van der Waals surface area contributed by atoms with Gasteiger partial charge in [-0.3, -0.25) is 9.36 Å². The van der Waals surface area contributed by atoms with Crippen LogP contribution >= 0.6 is 0 Å². The summed E-state index contributed by atoms with van der Waals surface area (Å²) in [5.41, 5.74) is 15.8. The lowest BCUT2D eigenvalue weighted by Crippen LogP contribution is -2.30. The number of carbonyl (C=O) groups is 1. The number of amides is 1. The Labute approximate surface area is 181 Å². The van der Waals surface area contributed by atoms with E-state index < -0.39 is 5.91 Å². The SMILES string of the molecule is Cc1cc2c(C(N)=O)c(N)n(-c3c(C)ccc(O)c3C)c2nc1OC[C@H]1CCCN1C. The first-order valence-corrected chi connectivity index (χ1v) is 10.4. The summed E-state index contributed by atoms with van der Waals surface area (Å²) in [5, 5.41) is 10.9. The molecule has 8 heteroatoms. The van der Waals surface area contributed by atoms with Crippen molar-refractivity contribution < 1.29 is 14.6 Å². The molecule has 0 bridgehead atoms. The van der Waals surface area contributed by atoms with E-state index in [2.05, 4.69) is 11.9 Å². The zero-order valence-corrected chi connectivity index (χ0v) is 18.4. The van der Waals surface area contributed by atoms with Crippen LogP contribution in [0.25, 0.3) is 16.7 Å². The number of rotatable bonds is 5. The third-order valence-corrected chi connectivity index (χ3v) is 6.28. The van der Waals surface area contributed by atoms with Gasteiger partial charge >= 0.3 is 0 Å². The molecular formula is C23H29N5O3. The van der Waals surface area contributed by atoms with Gasteiger partial charge in [-0.25, -0.2) is 0 Å². The lowest BCUT2D eigenvalue weighted by Gasteiger charge is -2.20. The van der Waals surface area contributed by atoms with Crippen molar-refractivity contribution in [1.82, 2.24) is 14.5 Å². The van der Waals surface area contributed by atoms with Crippen LogP contribution in [0.4, 0.5) is 5.82 Å². The van der Waals surface area contributed by atoms with E-state index in [-0.39, 0.29) is 17.1 Å². The number of aromatic hydroxyl groups is 1. The van der Waals surface area contributed by atoms with Crippen LogP contribution in [0.2, 0.25) is 0 Å². The van der Waals surface area contributed by atoms with E-state index in [0.29, 0.717) is 40.8 Å². The minimum Gasteiger partial charge on any atom is -0.508 e. The number of anilines is 1. The maximum Gasteiger partial charge on any atom is 0.253 e. The van der Waals surface area contributed by atoms with Crippen molar-refractivity contribution in [3.05, 3.63) is 40.5 Å². The highest BCUT2D eigenvalue weighted by Gasteiger charge is 2.26. The number of aryl methyl sites for hydroxylation is 2. The van der Waals surface area contributed by atoms with Crippen molar-refractivity contribution in [2.45, 2.75) is 39.7 Å². The molecule has 8 nitrogen and oxygen atoms in total. The van der Waals surface area contributed by atoms with Crippen LogP contribution in [0.3, 0.4) is 0 Å². The molecule has 1 aromatic carbocycles. The number of likely N-dealkylation sites (N-methyl/N-ethyl adjacent to an activating group) is 1. The smallest absolute Gasteiger partial charge is 0.253 e. The molecule has 0 saturated carbocycles. The van der Waals surface area contributed by atoms with Crippen LogP contribution in [0, 0.1) is 20.8 Å². The number of nitrogens with two attached hydrogens (primary N) is 2. The highest BCUT2D eigenvalue weighted by Crippen LogP contribution is 2.37. The number of hydrogen-bond acceptors (Lipinski definition) is 6. The van der Waals surface area contributed by atoms with Crippen LogP contribution in [-0.4, -0.2) is 51.7 Å². The topological polar surface area (TPSA) is 120 Å². The van der Waals surface area contributed by atoms with Gasteiger partial charge < -0.3 is 26.2 Å². The Hall–Kier alpha value is -3.26. The van der Waals surface area contributed by atoms with Gasteiger partial charge in [0.05, 0.1) is 11.3 Å². The van der Waals surface area contributed by atoms with Crippen molar-refractivity contribution in [2.75, 3.05) is 25.9 Å². The van der Waals surface area contributed by atoms with Gasteiger partial charge in [0.2, 0.25) is 5.88 Å². The second-order valence-corrected chi connectivity index (χ2v) is 8.40. The van der Waals surface area contributed by atoms with Gasteiger partial charge in [-0.05, 0) is 64.9 Å². The molecule has 5 N–H and O–H groups in total. The first-order chi connectivity index (χ1) is 14.7. The summed E-state index contributed by atoms with van der Waals surface area (Å²) in [5.74, 6) is 0.200. The van der Waals surface area contributed by atoms with Crippen molar-refractivity contribution in [1.29, 1.82) is 0 Å². The third kappa shape index (κ3) is 3.46. The van der Waals surface area contributed by atoms with Gasteiger partial charge in [0.15, 0.2) is 5.65 Å². The fourth-order valence-electron chi connectivity index (χ4n) is 4.47. The average Bonchev–Trinajstić information content (AvgIpc) is 3.24. The minimum absolute atomic E-state index is 0.135. The number of nitrogen functional groups attached to an aromatic ring is 1. The fourth-order valence-corrected chi connectivity index (χ4v) is 4.47. The number of benzene rings is 1. The van der Waals surface area contributed by atoms with Crippen LogP contribution in [-0.2, 0) is 0 Å². The summed E-state index contributed by atoms with van der Waals surface area (Å²) < 4.78 is 7.80. The van der Waals surface area contributed by atoms with Gasteiger partial charge in [-0.15, -0.1) is 0 Å². The van der Waals surface area contributed by atoms with Crippen molar-refractivity contribution >= 4 is 22.8 Å². The Morgan fingerprint density at radius 3 is 2.68 bits per heavy atom. The van der Waals surface area contributed by atoms with E-state index in [9.17, 15) is 9.90 Å². The van der Waals surface area contributed by atoms with Gasteiger partial charge in [-0.1, -0.05) is 6.07 Å². The molecule has 3 aromatic rings. The van der Waals surface area contributed by atoms with Crippen LogP contribution in [0.5, 0.6) is 11.6 Å². The number of phenolic OH excluding ortho intramolecular Hbond substituents is 1. The lowest BCUT2D eigenvalue weighted by atomic mass is 10.1. The molecule has 0 spiro atoms. The van der Waals surface area contributed by atoms with E-state index in [1.807, 2.05) is 19.9 Å². The highest BCUT2D eigenvalue weighted by atomic mass is 16.5. The van der Waals surface area contributed by atoms with Gasteiger partial charge in [0.1, 0.15) is 18.2 Å². The van der Waals surface area contributed by atoms with E-state index in [1.165, 1.54) is 0 Å². The Bertz CT molecular complexity index is 1180. The number of carbonyl (C=O) groups excluding carboxylic acids is 1. The zero-order valence-electron chi connectivity index (χ0n) is 18.4. The lowest BCUT2D eigenvalue weighted by molar-refractivity contribution is 0.100. The number of fused-ring (bicyclic) bond motifs is 1. The Kier molecular flexibility index (Phi) is 5.26. The summed E-state index contributed by atoms with van der Waals surface area (Å²) in [6.45, 7) is 7.21. The Morgan fingerprint density at radius 1 is 1.29 bits per heavy atom. The van der Waals surface area contributed by atoms with Crippen molar-refractivity contribution in [3.63, 3.8) is 0 Å². The molecule has 31 heavy (non-hydrogen) atoms. The number of aromatic nitrogens is 2. The third-order valence-electron chi connectivity index (χ3n) is 6.28. The van der Waals surface area contributed by atoms with Crippen LogP contribution < -0.4 is 16.2 Å². The molecule has 1 saturated heterocycles. The quantitative estimate of drug-likeness (QED) is 0.580. The number of ether oxygens (including phenoxy) is 1. The van der Waals surface area contributed by atoms with E-state index in [1.54, 1.807) is 23.6 Å². The van der Waals surface area contributed by atoms with Crippen molar-refractivity contribution in [3.8, 4) is 17.3 Å². The van der Waals surface area contributed by atoms with Crippen LogP contribution in [0.15, 0.2) is 18.2 Å². The molecule has 4 rings (SSSR count). The first-order valence-electron chi connectivity index (χ1n) is 10.4. The summed E-state index contributed by atoms with van der Waals surface area (Å²) in [6, 6.07) is 5.63.